The number of aryl methyl sites for hydroxylation is 1. The van der Waals surface area contributed by atoms with Gasteiger partial charge < -0.3 is 10.1 Å². The van der Waals surface area contributed by atoms with Gasteiger partial charge in [0.25, 0.3) is 0 Å². The Labute approximate surface area is 123 Å². The topological polar surface area (TPSA) is 21.3 Å². The summed E-state index contributed by atoms with van der Waals surface area (Å²) in [6, 6.07) is 7.16. The molecule has 0 aliphatic heterocycles. The van der Waals surface area contributed by atoms with E-state index in [4.69, 9.17) is 4.74 Å². The molecule has 0 saturated heterocycles. The maximum absolute atomic E-state index is 5.32. The summed E-state index contributed by atoms with van der Waals surface area (Å²) in [6.07, 6.45) is 8.33. The molecule has 1 fully saturated rings. The Morgan fingerprint density at radius 1 is 1.25 bits per heavy atom. The lowest BCUT2D eigenvalue weighted by Gasteiger charge is -2.30. The molecular weight excluding hydrogens is 246 g/mol. The molecule has 0 heterocycles. The van der Waals surface area contributed by atoms with Gasteiger partial charge in [0.1, 0.15) is 5.75 Å². The normalized spacial score (nSPS) is 17.9. The molecule has 1 aromatic rings. The molecule has 2 heteroatoms. The molecule has 0 bridgehead atoms. The Morgan fingerprint density at radius 2 is 2.00 bits per heavy atom. The molecule has 0 aromatic heterocycles. The van der Waals surface area contributed by atoms with Gasteiger partial charge in [0.05, 0.1) is 7.11 Å². The molecule has 2 nitrogen and oxygen atoms in total. The first-order valence-corrected chi connectivity index (χ1v) is 8.11. The van der Waals surface area contributed by atoms with Crippen LogP contribution in [0.5, 0.6) is 5.75 Å². The summed E-state index contributed by atoms with van der Waals surface area (Å²) in [6.45, 7) is 5.39. The van der Waals surface area contributed by atoms with Crippen LogP contribution in [0.4, 0.5) is 0 Å². The van der Waals surface area contributed by atoms with Gasteiger partial charge in [-0.2, -0.15) is 0 Å². The average molecular weight is 275 g/mol. The van der Waals surface area contributed by atoms with Crippen LogP contribution in [0.15, 0.2) is 18.2 Å². The Kier molecular flexibility index (Phi) is 5.90. The van der Waals surface area contributed by atoms with Gasteiger partial charge in [-0.05, 0) is 49.3 Å². The van der Waals surface area contributed by atoms with Crippen LogP contribution >= 0.6 is 0 Å². The summed E-state index contributed by atoms with van der Waals surface area (Å²) in [7, 11) is 1.73. The van der Waals surface area contributed by atoms with E-state index in [1.807, 2.05) is 0 Å². The van der Waals surface area contributed by atoms with E-state index in [9.17, 15) is 0 Å². The van der Waals surface area contributed by atoms with Crippen molar-refractivity contribution in [2.75, 3.05) is 7.11 Å². The zero-order valence-electron chi connectivity index (χ0n) is 13.2. The Bertz CT molecular complexity index is 410. The number of ether oxygens (including phenoxy) is 1. The van der Waals surface area contributed by atoms with E-state index in [1.54, 1.807) is 7.11 Å². The number of hydrogen-bond donors (Lipinski definition) is 1. The Balaban J connectivity index is 1.90. The minimum absolute atomic E-state index is 0.678. The van der Waals surface area contributed by atoms with Crippen LogP contribution in [0, 0.1) is 12.8 Å². The number of nitrogens with one attached hydrogen (secondary N) is 1. The lowest BCUT2D eigenvalue weighted by molar-refractivity contribution is 0.261. The smallest absolute Gasteiger partial charge is 0.121 e. The molecule has 1 unspecified atom stereocenters. The van der Waals surface area contributed by atoms with Crippen molar-refractivity contribution in [3.05, 3.63) is 29.3 Å². The monoisotopic (exact) mass is 275 g/mol. The van der Waals surface area contributed by atoms with Crippen LogP contribution in [0.1, 0.15) is 56.6 Å². The van der Waals surface area contributed by atoms with Crippen molar-refractivity contribution in [1.29, 1.82) is 0 Å². The van der Waals surface area contributed by atoms with E-state index >= 15 is 0 Å². The summed E-state index contributed by atoms with van der Waals surface area (Å²) < 4.78 is 5.32. The molecule has 1 N–H and O–H groups in total. The summed E-state index contributed by atoms with van der Waals surface area (Å²) >= 11 is 0. The van der Waals surface area contributed by atoms with Gasteiger partial charge in [0.2, 0.25) is 0 Å². The van der Waals surface area contributed by atoms with Crippen molar-refractivity contribution in [3.63, 3.8) is 0 Å². The fraction of sp³-hybridized carbons (Fsp3) is 0.667. The van der Waals surface area contributed by atoms with E-state index < -0.39 is 0 Å². The van der Waals surface area contributed by atoms with Crippen LogP contribution in [0.3, 0.4) is 0 Å². The number of benzene rings is 1. The molecular formula is C18H29NO. The van der Waals surface area contributed by atoms with Gasteiger partial charge in [-0.25, -0.2) is 0 Å². The van der Waals surface area contributed by atoms with Crippen molar-refractivity contribution in [2.45, 2.75) is 65.0 Å². The van der Waals surface area contributed by atoms with Crippen molar-refractivity contribution in [1.82, 2.24) is 5.32 Å². The van der Waals surface area contributed by atoms with Crippen molar-refractivity contribution >= 4 is 0 Å². The molecule has 2 rings (SSSR count). The maximum atomic E-state index is 5.32. The molecule has 0 spiro atoms. The van der Waals surface area contributed by atoms with Gasteiger partial charge in [-0.1, -0.05) is 38.3 Å². The highest BCUT2D eigenvalue weighted by Gasteiger charge is 2.21. The van der Waals surface area contributed by atoms with Gasteiger partial charge in [-0.15, -0.1) is 0 Å². The zero-order chi connectivity index (χ0) is 14.4. The third-order valence-corrected chi connectivity index (χ3v) is 4.69. The molecule has 1 aromatic carbocycles. The molecule has 1 aliphatic carbocycles. The van der Waals surface area contributed by atoms with Gasteiger partial charge in [-0.3, -0.25) is 0 Å². The average Bonchev–Trinajstić information content (AvgIpc) is 2.49. The minimum atomic E-state index is 0.678. The molecule has 0 amide bonds. The SMILES string of the molecule is CCC(NCc1ccc(OC)c(C)c1)C1CCCCC1. The molecule has 1 aliphatic rings. The fourth-order valence-corrected chi connectivity index (χ4v) is 3.48. The fourth-order valence-electron chi connectivity index (χ4n) is 3.48. The molecule has 20 heavy (non-hydrogen) atoms. The van der Waals surface area contributed by atoms with E-state index in [-0.39, 0.29) is 0 Å². The quantitative estimate of drug-likeness (QED) is 0.828. The summed E-state index contributed by atoms with van der Waals surface area (Å²) in [4.78, 5) is 0. The number of hydrogen-bond acceptors (Lipinski definition) is 2. The third kappa shape index (κ3) is 3.99. The minimum Gasteiger partial charge on any atom is -0.496 e. The summed E-state index contributed by atoms with van der Waals surface area (Å²) in [5.74, 6) is 1.86. The van der Waals surface area contributed by atoms with Crippen LogP contribution in [-0.4, -0.2) is 13.2 Å². The largest absolute Gasteiger partial charge is 0.496 e. The Hall–Kier alpha value is -1.02. The maximum Gasteiger partial charge on any atom is 0.121 e. The highest BCUT2D eigenvalue weighted by molar-refractivity contribution is 5.36. The van der Waals surface area contributed by atoms with Gasteiger partial charge in [0, 0.05) is 12.6 Å². The van der Waals surface area contributed by atoms with Crippen molar-refractivity contribution in [3.8, 4) is 5.75 Å². The second-order valence-corrected chi connectivity index (χ2v) is 6.10. The number of methoxy groups -OCH3 is 1. The zero-order valence-corrected chi connectivity index (χ0v) is 13.2. The highest BCUT2D eigenvalue weighted by atomic mass is 16.5. The standard InChI is InChI=1S/C18H29NO/c1-4-17(16-8-6-5-7-9-16)19-13-15-10-11-18(20-3)14(2)12-15/h10-12,16-17,19H,4-9,13H2,1-3H3. The van der Waals surface area contributed by atoms with E-state index in [0.717, 1.165) is 18.2 Å². The molecule has 112 valence electrons. The predicted octanol–water partition coefficient (Wildman–Crippen LogP) is 4.45. The Morgan fingerprint density at radius 3 is 2.60 bits per heavy atom. The first-order chi connectivity index (χ1) is 9.74. The van der Waals surface area contributed by atoms with E-state index in [1.165, 1.54) is 49.7 Å². The lowest BCUT2D eigenvalue weighted by atomic mass is 9.83. The third-order valence-electron chi connectivity index (χ3n) is 4.69. The molecule has 1 atom stereocenters. The van der Waals surface area contributed by atoms with Crippen molar-refractivity contribution in [2.24, 2.45) is 5.92 Å². The van der Waals surface area contributed by atoms with Gasteiger partial charge >= 0.3 is 0 Å². The van der Waals surface area contributed by atoms with E-state index in [0.29, 0.717) is 6.04 Å². The van der Waals surface area contributed by atoms with E-state index in [2.05, 4.69) is 37.4 Å². The highest BCUT2D eigenvalue weighted by Crippen LogP contribution is 2.28. The van der Waals surface area contributed by atoms with Crippen LogP contribution in [0.25, 0.3) is 0 Å². The van der Waals surface area contributed by atoms with Crippen molar-refractivity contribution < 1.29 is 4.74 Å². The predicted molar refractivity (Wildman–Crippen MR) is 85.2 cm³/mol. The summed E-state index contributed by atoms with van der Waals surface area (Å²) in [5, 5.41) is 3.78. The second kappa shape index (κ2) is 7.68. The first kappa shape index (κ1) is 15.4. The molecule has 1 saturated carbocycles. The first-order valence-electron chi connectivity index (χ1n) is 8.11. The van der Waals surface area contributed by atoms with Crippen LogP contribution in [0.2, 0.25) is 0 Å². The van der Waals surface area contributed by atoms with Crippen LogP contribution < -0.4 is 10.1 Å². The van der Waals surface area contributed by atoms with Gasteiger partial charge in [0.15, 0.2) is 0 Å². The lowest BCUT2D eigenvalue weighted by Crippen LogP contribution is -2.36. The summed E-state index contributed by atoms with van der Waals surface area (Å²) in [5.41, 5.74) is 2.58. The van der Waals surface area contributed by atoms with Crippen LogP contribution in [-0.2, 0) is 6.54 Å². The number of rotatable bonds is 6. The second-order valence-electron chi connectivity index (χ2n) is 6.10. The molecule has 0 radical (unpaired) electrons.